The van der Waals surface area contributed by atoms with Gasteiger partial charge in [-0.05, 0) is 17.5 Å². The van der Waals surface area contributed by atoms with Crippen molar-refractivity contribution in [1.82, 2.24) is 5.06 Å². The quantitative estimate of drug-likeness (QED) is 0.765. The molecule has 0 N–H and O–H groups in total. The summed E-state index contributed by atoms with van der Waals surface area (Å²) in [5.41, 5.74) is 0.252. The molecule has 2 rings (SSSR count). The Hall–Kier alpha value is -2.17. The number of carbonyl (C=O) groups is 3. The van der Waals surface area contributed by atoms with Gasteiger partial charge in [0.25, 0.3) is 11.8 Å². The summed E-state index contributed by atoms with van der Waals surface area (Å²) in [7, 11) is 0. The van der Waals surface area contributed by atoms with Crippen LogP contribution in [0.3, 0.4) is 0 Å². The largest absolute Gasteiger partial charge is 0.333 e. The Balaban J connectivity index is 2.15. The first-order valence-electron chi connectivity index (χ1n) is 5.98. The fourth-order valence-corrected chi connectivity index (χ4v) is 1.82. The summed E-state index contributed by atoms with van der Waals surface area (Å²) in [5.74, 6) is -1.78. The molecule has 0 aliphatic carbocycles. The Morgan fingerprint density at radius 3 is 2.00 bits per heavy atom. The Kier molecular flexibility index (Phi) is 3.14. The molecule has 0 saturated carbocycles. The maximum absolute atomic E-state index is 11.9. The molecule has 0 radical (unpaired) electrons. The van der Waals surface area contributed by atoms with Gasteiger partial charge in [-0.1, -0.05) is 38.0 Å². The van der Waals surface area contributed by atoms with Crippen LogP contribution in [0, 0.1) is 5.41 Å². The highest BCUT2D eigenvalue weighted by Crippen LogP contribution is 2.24. The molecule has 5 nitrogen and oxygen atoms in total. The minimum absolute atomic E-state index is 0.125. The molecular formula is C14H15NO4. The van der Waals surface area contributed by atoms with Gasteiger partial charge in [0.2, 0.25) is 0 Å². The predicted molar refractivity (Wildman–Crippen MR) is 67.1 cm³/mol. The summed E-state index contributed by atoms with van der Waals surface area (Å²) in [6, 6.07) is 6.38. The Labute approximate surface area is 111 Å². The molecular weight excluding hydrogens is 246 g/mol. The maximum Gasteiger partial charge on any atom is 0.333 e. The van der Waals surface area contributed by atoms with E-state index in [0.717, 1.165) is 0 Å². The van der Waals surface area contributed by atoms with E-state index in [2.05, 4.69) is 0 Å². The molecule has 0 fully saturated rings. The number of benzene rings is 1. The summed E-state index contributed by atoms with van der Waals surface area (Å²) >= 11 is 0. The number of hydroxylamine groups is 2. The molecule has 0 bridgehead atoms. The minimum atomic E-state index is -0.595. The SMILES string of the molecule is CC(C)(C)CC(=O)ON1C(=O)c2ccccc2C1=O. The number of carbonyl (C=O) groups excluding carboxylic acids is 3. The van der Waals surface area contributed by atoms with E-state index in [9.17, 15) is 14.4 Å². The number of hydrogen-bond donors (Lipinski definition) is 0. The number of hydrogen-bond acceptors (Lipinski definition) is 4. The Morgan fingerprint density at radius 1 is 1.11 bits per heavy atom. The maximum atomic E-state index is 11.9. The average molecular weight is 261 g/mol. The minimum Gasteiger partial charge on any atom is -0.330 e. The summed E-state index contributed by atoms with van der Waals surface area (Å²) in [4.78, 5) is 40.5. The number of nitrogens with zero attached hydrogens (tertiary/aromatic N) is 1. The highest BCUT2D eigenvalue weighted by molar-refractivity contribution is 6.20. The highest BCUT2D eigenvalue weighted by Gasteiger charge is 2.38. The second-order valence-corrected chi connectivity index (χ2v) is 5.65. The number of fused-ring (bicyclic) bond motifs is 1. The summed E-state index contributed by atoms with van der Waals surface area (Å²) < 4.78 is 0. The third-order valence-corrected chi connectivity index (χ3v) is 2.62. The summed E-state index contributed by atoms with van der Waals surface area (Å²) in [6.07, 6.45) is 0.125. The lowest BCUT2D eigenvalue weighted by Gasteiger charge is -2.18. The van der Waals surface area contributed by atoms with Crippen LogP contribution in [-0.4, -0.2) is 22.8 Å². The smallest absolute Gasteiger partial charge is 0.330 e. The van der Waals surface area contributed by atoms with Crippen molar-refractivity contribution in [1.29, 1.82) is 0 Å². The lowest BCUT2D eigenvalue weighted by Crippen LogP contribution is -2.33. The van der Waals surface area contributed by atoms with Crippen LogP contribution in [0.25, 0.3) is 0 Å². The molecule has 1 aliphatic heterocycles. The number of imide groups is 1. The second-order valence-electron chi connectivity index (χ2n) is 5.65. The van der Waals surface area contributed by atoms with E-state index in [4.69, 9.17) is 4.84 Å². The number of amides is 2. The average Bonchev–Trinajstić information content (AvgIpc) is 2.53. The molecule has 2 amide bonds. The van der Waals surface area contributed by atoms with Gasteiger partial charge in [-0.15, -0.1) is 0 Å². The molecule has 5 heteroatoms. The van der Waals surface area contributed by atoms with Crippen molar-refractivity contribution in [2.75, 3.05) is 0 Å². The van der Waals surface area contributed by atoms with Gasteiger partial charge in [0.1, 0.15) is 0 Å². The molecule has 1 aromatic carbocycles. The van der Waals surface area contributed by atoms with Crippen LogP contribution in [0.4, 0.5) is 0 Å². The zero-order chi connectivity index (χ0) is 14.2. The van der Waals surface area contributed by atoms with Crippen LogP contribution in [0.2, 0.25) is 0 Å². The van der Waals surface area contributed by atoms with Crippen molar-refractivity contribution in [3.63, 3.8) is 0 Å². The Bertz CT molecular complexity index is 522. The van der Waals surface area contributed by atoms with Crippen LogP contribution < -0.4 is 0 Å². The van der Waals surface area contributed by atoms with Crippen molar-refractivity contribution in [2.24, 2.45) is 5.41 Å². The number of rotatable bonds is 2. The van der Waals surface area contributed by atoms with Crippen molar-refractivity contribution in [2.45, 2.75) is 27.2 Å². The van der Waals surface area contributed by atoms with Gasteiger partial charge < -0.3 is 4.84 Å². The van der Waals surface area contributed by atoms with E-state index in [1.165, 1.54) is 12.1 Å². The molecule has 0 aromatic heterocycles. The summed E-state index contributed by atoms with van der Waals surface area (Å²) in [5, 5.41) is 0.540. The van der Waals surface area contributed by atoms with Gasteiger partial charge >= 0.3 is 5.97 Å². The van der Waals surface area contributed by atoms with Crippen LogP contribution in [0.5, 0.6) is 0 Å². The van der Waals surface area contributed by atoms with Crippen molar-refractivity contribution >= 4 is 17.8 Å². The van der Waals surface area contributed by atoms with Gasteiger partial charge in [0.15, 0.2) is 0 Å². The van der Waals surface area contributed by atoms with Gasteiger partial charge in [-0.3, -0.25) is 9.59 Å². The van der Waals surface area contributed by atoms with E-state index in [0.29, 0.717) is 5.06 Å². The normalized spacial score (nSPS) is 14.6. The van der Waals surface area contributed by atoms with Crippen LogP contribution in [-0.2, 0) is 9.63 Å². The lowest BCUT2D eigenvalue weighted by atomic mass is 9.93. The topological polar surface area (TPSA) is 63.7 Å². The summed E-state index contributed by atoms with van der Waals surface area (Å²) in [6.45, 7) is 5.61. The van der Waals surface area contributed by atoms with E-state index >= 15 is 0 Å². The van der Waals surface area contributed by atoms with Gasteiger partial charge in [0.05, 0.1) is 17.5 Å². The monoisotopic (exact) mass is 261 g/mol. The third-order valence-electron chi connectivity index (χ3n) is 2.62. The fraction of sp³-hybridized carbons (Fsp3) is 0.357. The first-order chi connectivity index (χ1) is 8.79. The zero-order valence-electron chi connectivity index (χ0n) is 11.1. The molecule has 1 heterocycles. The lowest BCUT2D eigenvalue weighted by molar-refractivity contribution is -0.170. The fourth-order valence-electron chi connectivity index (χ4n) is 1.82. The van der Waals surface area contributed by atoms with Crippen LogP contribution >= 0.6 is 0 Å². The first-order valence-corrected chi connectivity index (χ1v) is 5.98. The molecule has 19 heavy (non-hydrogen) atoms. The van der Waals surface area contributed by atoms with Gasteiger partial charge in [-0.2, -0.15) is 0 Å². The van der Waals surface area contributed by atoms with E-state index in [-0.39, 0.29) is 23.0 Å². The zero-order valence-corrected chi connectivity index (χ0v) is 11.1. The van der Waals surface area contributed by atoms with Crippen molar-refractivity contribution in [3.05, 3.63) is 35.4 Å². The highest BCUT2D eigenvalue weighted by atomic mass is 16.7. The molecule has 1 aromatic rings. The van der Waals surface area contributed by atoms with Gasteiger partial charge in [0, 0.05) is 0 Å². The third kappa shape index (κ3) is 2.65. The molecule has 0 saturated heterocycles. The molecule has 0 unspecified atom stereocenters. The Morgan fingerprint density at radius 2 is 1.58 bits per heavy atom. The van der Waals surface area contributed by atoms with Crippen LogP contribution in [0.15, 0.2) is 24.3 Å². The van der Waals surface area contributed by atoms with E-state index in [1.54, 1.807) is 12.1 Å². The predicted octanol–water partition coefficient (Wildman–Crippen LogP) is 2.18. The molecule has 100 valence electrons. The molecule has 0 spiro atoms. The van der Waals surface area contributed by atoms with Crippen molar-refractivity contribution < 1.29 is 19.2 Å². The van der Waals surface area contributed by atoms with E-state index in [1.807, 2.05) is 20.8 Å². The first kappa shape index (κ1) is 13.3. The van der Waals surface area contributed by atoms with Gasteiger partial charge in [-0.25, -0.2) is 4.79 Å². The van der Waals surface area contributed by atoms with E-state index < -0.39 is 17.8 Å². The second kappa shape index (κ2) is 4.50. The van der Waals surface area contributed by atoms with Crippen molar-refractivity contribution in [3.8, 4) is 0 Å². The molecule has 0 atom stereocenters. The van der Waals surface area contributed by atoms with Crippen LogP contribution in [0.1, 0.15) is 47.9 Å². The molecule has 1 aliphatic rings. The standard InChI is InChI=1S/C14H15NO4/c1-14(2,3)8-11(16)19-15-12(17)9-6-4-5-7-10(9)13(15)18/h4-7H,8H2,1-3H3.